The molecule has 0 radical (unpaired) electrons. The predicted molar refractivity (Wildman–Crippen MR) is 123 cm³/mol. The van der Waals surface area contributed by atoms with E-state index in [2.05, 4.69) is 0 Å². The van der Waals surface area contributed by atoms with Crippen LogP contribution in [0, 0.1) is 0 Å². The Morgan fingerprint density at radius 1 is 0.743 bits per heavy atom. The number of hydrogen-bond donors (Lipinski definition) is 0. The highest BCUT2D eigenvalue weighted by Gasteiger charge is 2.77. The van der Waals surface area contributed by atoms with E-state index in [1.165, 1.54) is 7.11 Å². The molecule has 0 unspecified atom stereocenters. The number of hydrogen-bond acceptors (Lipinski definition) is 8. The monoisotopic (exact) mass is 474 g/mol. The quantitative estimate of drug-likeness (QED) is 0.418. The molecule has 8 heteroatoms. The van der Waals surface area contributed by atoms with Crippen molar-refractivity contribution in [3.8, 4) is 16.9 Å². The lowest BCUT2D eigenvalue weighted by atomic mass is 9.66. The Morgan fingerprint density at radius 2 is 1.31 bits per heavy atom. The highest BCUT2D eigenvalue weighted by molar-refractivity contribution is 6.20. The Labute approximate surface area is 201 Å². The Bertz CT molecular complexity index is 1310. The highest BCUT2D eigenvalue weighted by atomic mass is 16.8. The molecular weight excluding hydrogens is 452 g/mol. The third kappa shape index (κ3) is 2.97. The van der Waals surface area contributed by atoms with E-state index in [1.807, 2.05) is 0 Å². The van der Waals surface area contributed by atoms with Crippen molar-refractivity contribution < 1.29 is 38.1 Å². The van der Waals surface area contributed by atoms with Crippen LogP contribution in [-0.2, 0) is 34.1 Å². The van der Waals surface area contributed by atoms with Crippen molar-refractivity contribution in [3.05, 3.63) is 89.5 Å². The van der Waals surface area contributed by atoms with E-state index in [0.717, 1.165) is 14.2 Å². The fourth-order valence-corrected chi connectivity index (χ4v) is 4.88. The summed E-state index contributed by atoms with van der Waals surface area (Å²) in [5.74, 6) is -2.24. The lowest BCUT2D eigenvalue weighted by molar-refractivity contribution is -0.190. The van der Waals surface area contributed by atoms with Crippen molar-refractivity contribution in [2.45, 2.75) is 17.5 Å². The van der Waals surface area contributed by atoms with Crippen LogP contribution in [0.25, 0.3) is 11.1 Å². The second-order valence-electron chi connectivity index (χ2n) is 8.11. The molecule has 2 aliphatic rings. The van der Waals surface area contributed by atoms with Gasteiger partial charge in [0.25, 0.3) is 0 Å². The van der Waals surface area contributed by atoms with Crippen molar-refractivity contribution in [2.75, 3.05) is 21.3 Å². The molecule has 35 heavy (non-hydrogen) atoms. The molecule has 1 fully saturated rings. The number of rotatable bonds is 4. The van der Waals surface area contributed by atoms with Crippen molar-refractivity contribution >= 4 is 17.7 Å². The van der Waals surface area contributed by atoms with Gasteiger partial charge in [-0.05, 0) is 23.3 Å². The van der Waals surface area contributed by atoms with Crippen LogP contribution in [0.4, 0.5) is 0 Å². The molecule has 8 nitrogen and oxygen atoms in total. The molecule has 3 aromatic rings. The van der Waals surface area contributed by atoms with Crippen LogP contribution < -0.4 is 4.74 Å². The van der Waals surface area contributed by atoms with E-state index in [9.17, 15) is 14.4 Å². The number of carbonyl (C=O) groups excluding carboxylic acids is 3. The second kappa shape index (κ2) is 8.33. The number of methoxy groups -OCH3 is 3. The van der Waals surface area contributed by atoms with E-state index in [4.69, 9.17) is 23.7 Å². The molecule has 0 saturated carbocycles. The molecular formula is C27H22O8. The Morgan fingerprint density at radius 3 is 1.91 bits per heavy atom. The number of Topliss-reactive ketones (excluding diaryl/α,β-unsaturated/α-hetero) is 1. The third-order valence-electron chi connectivity index (χ3n) is 6.49. The summed E-state index contributed by atoms with van der Waals surface area (Å²) >= 11 is 0. The van der Waals surface area contributed by atoms with Gasteiger partial charge in [-0.2, -0.15) is 0 Å². The molecule has 1 aliphatic heterocycles. The zero-order valence-electron chi connectivity index (χ0n) is 19.3. The van der Waals surface area contributed by atoms with Gasteiger partial charge in [-0.15, -0.1) is 0 Å². The second-order valence-corrected chi connectivity index (χ2v) is 8.11. The average molecular weight is 474 g/mol. The maximum absolute atomic E-state index is 14.3. The van der Waals surface area contributed by atoms with Gasteiger partial charge in [0.15, 0.2) is 6.29 Å². The van der Waals surface area contributed by atoms with E-state index >= 15 is 0 Å². The first-order valence-electron chi connectivity index (χ1n) is 10.8. The lowest BCUT2D eigenvalue weighted by Gasteiger charge is -2.41. The van der Waals surface area contributed by atoms with Gasteiger partial charge in [0.2, 0.25) is 11.4 Å². The van der Waals surface area contributed by atoms with Gasteiger partial charge in [-0.25, -0.2) is 9.59 Å². The summed E-state index contributed by atoms with van der Waals surface area (Å²) < 4.78 is 27.8. The Kier molecular flexibility index (Phi) is 5.42. The first-order chi connectivity index (χ1) is 16.9. The third-order valence-corrected chi connectivity index (χ3v) is 6.49. The van der Waals surface area contributed by atoms with Crippen LogP contribution in [0.3, 0.4) is 0 Å². The molecule has 1 saturated heterocycles. The zero-order valence-corrected chi connectivity index (χ0v) is 19.3. The summed E-state index contributed by atoms with van der Waals surface area (Å²) in [7, 11) is 3.75. The summed E-state index contributed by atoms with van der Waals surface area (Å²) in [5.41, 5.74) is -2.45. The number of ketones is 1. The molecule has 1 spiro atoms. The number of ether oxygens (including phenoxy) is 5. The Balaban J connectivity index is 1.82. The minimum Gasteiger partial charge on any atom is -0.497 e. The number of fused-ring (bicyclic) bond motifs is 4. The molecule has 1 heterocycles. The normalized spacial score (nSPS) is 21.7. The summed E-state index contributed by atoms with van der Waals surface area (Å²) in [4.78, 5) is 41.2. The van der Waals surface area contributed by atoms with Crippen molar-refractivity contribution in [3.63, 3.8) is 0 Å². The van der Waals surface area contributed by atoms with Gasteiger partial charge in [0.05, 0.1) is 21.3 Å². The first kappa shape index (κ1) is 22.8. The largest absolute Gasteiger partial charge is 0.497 e. The maximum atomic E-state index is 14.3. The molecule has 0 amide bonds. The molecule has 3 aromatic carbocycles. The van der Waals surface area contributed by atoms with Gasteiger partial charge in [-0.3, -0.25) is 4.79 Å². The fraction of sp³-hybridized carbons (Fsp3) is 0.222. The average Bonchev–Trinajstić information content (AvgIpc) is 3.29. The standard InChI is InChI=1S/C27H22O8/c1-31-17-14-12-16(13-15-17)23-34-26(27(35-23,24(29)32-2)25(30)33-3)21-11-7-6-9-19(21)18-8-4-5-10-20(18)22(26)28/h4-15,23H,1-3H3/t23-,26+/m1/s1. The van der Waals surface area contributed by atoms with Crippen molar-refractivity contribution in [1.29, 1.82) is 0 Å². The smallest absolute Gasteiger partial charge is 0.354 e. The molecule has 5 rings (SSSR count). The van der Waals surface area contributed by atoms with Gasteiger partial charge in [-0.1, -0.05) is 60.7 Å². The summed E-state index contributed by atoms with van der Waals surface area (Å²) in [6.45, 7) is 0. The maximum Gasteiger partial charge on any atom is 0.354 e. The predicted octanol–water partition coefficient (Wildman–Crippen LogP) is 3.58. The van der Waals surface area contributed by atoms with E-state index in [1.54, 1.807) is 72.8 Å². The summed E-state index contributed by atoms with van der Waals surface area (Å²) in [5, 5.41) is 0. The van der Waals surface area contributed by atoms with E-state index < -0.39 is 35.2 Å². The van der Waals surface area contributed by atoms with Crippen molar-refractivity contribution in [2.24, 2.45) is 0 Å². The summed E-state index contributed by atoms with van der Waals surface area (Å²) in [6, 6.07) is 20.5. The van der Waals surface area contributed by atoms with Crippen LogP contribution >= 0.6 is 0 Å². The lowest BCUT2D eigenvalue weighted by Crippen LogP contribution is -2.65. The highest BCUT2D eigenvalue weighted by Crippen LogP contribution is 2.58. The molecule has 178 valence electrons. The number of esters is 2. The number of carbonyl (C=O) groups is 3. The SMILES string of the molecule is COC(=O)C1(C(=O)OC)O[C@H](c2ccc(OC)cc2)O[C@@]12C(=O)c1ccccc1-c1ccccc12. The summed E-state index contributed by atoms with van der Waals surface area (Å²) in [6.07, 6.45) is -1.28. The van der Waals surface area contributed by atoms with E-state index in [-0.39, 0.29) is 5.56 Å². The van der Waals surface area contributed by atoms with Crippen LogP contribution in [0.15, 0.2) is 72.8 Å². The minimum absolute atomic E-state index is 0.280. The van der Waals surface area contributed by atoms with Crippen LogP contribution in [0.2, 0.25) is 0 Å². The van der Waals surface area contributed by atoms with Gasteiger partial charge < -0.3 is 23.7 Å². The number of benzene rings is 3. The van der Waals surface area contributed by atoms with Crippen molar-refractivity contribution in [1.82, 2.24) is 0 Å². The van der Waals surface area contributed by atoms with Gasteiger partial charge >= 0.3 is 17.5 Å². The zero-order chi connectivity index (χ0) is 24.8. The molecule has 0 bridgehead atoms. The molecule has 1 aliphatic carbocycles. The van der Waals surface area contributed by atoms with Crippen LogP contribution in [0.5, 0.6) is 5.75 Å². The van der Waals surface area contributed by atoms with E-state index in [0.29, 0.717) is 28.0 Å². The van der Waals surface area contributed by atoms with Gasteiger partial charge in [0.1, 0.15) is 5.75 Å². The van der Waals surface area contributed by atoms with Gasteiger partial charge in [0, 0.05) is 16.7 Å². The van der Waals surface area contributed by atoms with Crippen LogP contribution in [-0.4, -0.2) is 44.7 Å². The molecule has 0 aromatic heterocycles. The topological polar surface area (TPSA) is 97.4 Å². The minimum atomic E-state index is -2.57. The Hall–Kier alpha value is -4.01. The first-order valence-corrected chi connectivity index (χ1v) is 10.8. The molecule has 0 N–H and O–H groups in total. The fourth-order valence-electron chi connectivity index (χ4n) is 4.88. The van der Waals surface area contributed by atoms with Crippen LogP contribution in [0.1, 0.15) is 27.8 Å². The molecule has 2 atom stereocenters.